The molecule has 0 radical (unpaired) electrons. The van der Waals surface area contributed by atoms with Gasteiger partial charge in [0.1, 0.15) is 5.82 Å². The van der Waals surface area contributed by atoms with Crippen molar-refractivity contribution in [3.05, 3.63) is 47.7 Å². The largest absolute Gasteiger partial charge is 0.393 e. The molecule has 3 heterocycles. The third-order valence-corrected chi connectivity index (χ3v) is 10.9. The van der Waals surface area contributed by atoms with Crippen LogP contribution in [0.1, 0.15) is 60.9 Å². The predicted molar refractivity (Wildman–Crippen MR) is 151 cm³/mol. The van der Waals surface area contributed by atoms with Gasteiger partial charge in [0.15, 0.2) is 0 Å². The van der Waals surface area contributed by atoms with Crippen LogP contribution >= 0.6 is 0 Å². The minimum Gasteiger partial charge on any atom is -0.393 e. The summed E-state index contributed by atoms with van der Waals surface area (Å²) < 4.78 is 25.4. The summed E-state index contributed by atoms with van der Waals surface area (Å²) in [4.78, 5) is 19.9. The number of pyridine rings is 1. The summed E-state index contributed by atoms with van der Waals surface area (Å²) in [6.45, 7) is 3.36. The number of rotatable bonds is 6. The van der Waals surface area contributed by atoms with Gasteiger partial charge in [-0.2, -0.15) is 0 Å². The molecular formula is C29H39N5O4S. The molecule has 2 atom stereocenters. The molecule has 210 valence electrons. The van der Waals surface area contributed by atoms with Crippen LogP contribution in [0.2, 0.25) is 0 Å². The Balaban J connectivity index is 1.11. The van der Waals surface area contributed by atoms with E-state index < -0.39 is 10.0 Å². The highest BCUT2D eigenvalue weighted by Gasteiger charge is 2.61. The molecule has 4 aliphatic rings. The van der Waals surface area contributed by atoms with Crippen molar-refractivity contribution in [1.82, 2.24) is 19.5 Å². The van der Waals surface area contributed by atoms with Gasteiger partial charge in [-0.15, -0.1) is 0 Å². The minimum atomic E-state index is -3.10. The lowest BCUT2D eigenvalue weighted by Gasteiger charge is -2.36. The number of nitrogen functional groups attached to an aromatic ring is 1. The third kappa shape index (κ3) is 5.31. The van der Waals surface area contributed by atoms with Gasteiger partial charge >= 0.3 is 0 Å². The number of amides is 1. The average molecular weight is 554 g/mol. The molecule has 2 aromatic rings. The molecule has 39 heavy (non-hydrogen) atoms. The molecule has 1 aromatic heterocycles. The fraction of sp³-hybridized carbons (Fsp3) is 0.586. The molecule has 4 fully saturated rings. The molecule has 6 rings (SSSR count). The second-order valence-electron chi connectivity index (χ2n) is 12.1. The van der Waals surface area contributed by atoms with Crippen molar-refractivity contribution in [3.8, 4) is 11.1 Å². The molecule has 2 saturated carbocycles. The van der Waals surface area contributed by atoms with Crippen LogP contribution in [-0.4, -0.2) is 84.2 Å². The number of fused-ring (bicyclic) bond motifs is 1. The summed E-state index contributed by atoms with van der Waals surface area (Å²) >= 11 is 0. The first kappa shape index (κ1) is 26.7. The second kappa shape index (κ2) is 10.1. The van der Waals surface area contributed by atoms with E-state index in [0.717, 1.165) is 49.9 Å². The van der Waals surface area contributed by atoms with Crippen LogP contribution in [0.4, 0.5) is 5.82 Å². The van der Waals surface area contributed by atoms with E-state index in [1.165, 1.54) is 18.2 Å². The van der Waals surface area contributed by atoms with E-state index in [2.05, 4.69) is 39.5 Å². The number of anilines is 1. The van der Waals surface area contributed by atoms with Crippen molar-refractivity contribution < 1.29 is 18.3 Å². The highest BCUT2D eigenvalue weighted by Crippen LogP contribution is 2.59. The number of hydrogen-bond acceptors (Lipinski definition) is 7. The smallest absolute Gasteiger partial charge is 0.255 e. The highest BCUT2D eigenvalue weighted by molar-refractivity contribution is 7.88. The first-order valence-corrected chi connectivity index (χ1v) is 16.0. The van der Waals surface area contributed by atoms with Crippen molar-refractivity contribution in [1.29, 1.82) is 0 Å². The van der Waals surface area contributed by atoms with E-state index in [1.54, 1.807) is 10.5 Å². The number of aliphatic hydroxyl groups is 1. The molecule has 0 bridgehead atoms. The minimum absolute atomic E-state index is 0.0483. The number of hydrogen-bond donors (Lipinski definition) is 3. The fourth-order valence-electron chi connectivity index (χ4n) is 7.08. The van der Waals surface area contributed by atoms with Crippen LogP contribution in [0, 0.1) is 5.92 Å². The molecule has 4 N–H and O–H groups in total. The van der Waals surface area contributed by atoms with E-state index in [0.29, 0.717) is 43.5 Å². The summed E-state index contributed by atoms with van der Waals surface area (Å²) in [7, 11) is -3.10. The highest BCUT2D eigenvalue weighted by atomic mass is 32.2. The van der Waals surface area contributed by atoms with E-state index in [4.69, 9.17) is 5.73 Å². The number of carbonyl (C=O) groups is 1. The van der Waals surface area contributed by atoms with E-state index in [-0.39, 0.29) is 29.3 Å². The van der Waals surface area contributed by atoms with Gasteiger partial charge in [0.05, 0.1) is 17.9 Å². The monoisotopic (exact) mass is 553 g/mol. The van der Waals surface area contributed by atoms with Crippen LogP contribution in [0.15, 0.2) is 36.5 Å². The van der Waals surface area contributed by atoms with Gasteiger partial charge < -0.3 is 16.2 Å². The van der Waals surface area contributed by atoms with Gasteiger partial charge in [-0.05, 0) is 68.1 Å². The molecule has 1 aromatic carbocycles. The topological polar surface area (TPSA) is 129 Å². The van der Waals surface area contributed by atoms with Gasteiger partial charge in [0.25, 0.3) is 5.91 Å². The van der Waals surface area contributed by atoms with Crippen LogP contribution in [0.3, 0.4) is 0 Å². The van der Waals surface area contributed by atoms with Crippen LogP contribution in [0.25, 0.3) is 11.1 Å². The first-order chi connectivity index (χ1) is 18.6. The Labute approximate surface area is 230 Å². The molecule has 10 heteroatoms. The van der Waals surface area contributed by atoms with Crippen molar-refractivity contribution in [3.63, 3.8) is 0 Å². The van der Waals surface area contributed by atoms with E-state index in [9.17, 15) is 18.3 Å². The van der Waals surface area contributed by atoms with Gasteiger partial charge in [0.2, 0.25) is 10.0 Å². The van der Waals surface area contributed by atoms with Crippen LogP contribution in [0.5, 0.6) is 0 Å². The molecule has 1 amide bonds. The lowest BCUT2D eigenvalue weighted by atomic mass is 9.92. The zero-order valence-corrected chi connectivity index (χ0v) is 23.4. The molecular weight excluding hydrogens is 514 g/mol. The SMILES string of the molecule is CS(=O)(=O)N1CCC(N2C[C@H]3C[C@@]3(c3ccc(-c4cnc(N)c(C(=O)N[C@H]5CC[C@H](O)CC5)c4)cc3)C2)CC1. The van der Waals surface area contributed by atoms with Gasteiger partial charge in [-0.25, -0.2) is 17.7 Å². The summed E-state index contributed by atoms with van der Waals surface area (Å²) in [6.07, 6.45) is 8.69. The number of nitrogens with two attached hydrogens (primary N) is 1. The van der Waals surface area contributed by atoms with Crippen molar-refractivity contribution in [2.24, 2.45) is 5.92 Å². The van der Waals surface area contributed by atoms with Crippen LogP contribution < -0.4 is 11.1 Å². The number of likely N-dealkylation sites (tertiary alicyclic amines) is 1. The van der Waals surface area contributed by atoms with E-state index in [1.807, 2.05) is 6.07 Å². The number of piperidine rings is 2. The van der Waals surface area contributed by atoms with Crippen molar-refractivity contribution in [2.45, 2.75) is 68.5 Å². The first-order valence-electron chi connectivity index (χ1n) is 14.2. The second-order valence-corrected chi connectivity index (χ2v) is 14.1. The summed E-state index contributed by atoms with van der Waals surface area (Å²) in [5.74, 6) is 0.663. The van der Waals surface area contributed by atoms with E-state index >= 15 is 0 Å². The predicted octanol–water partition coefficient (Wildman–Crippen LogP) is 2.36. The molecule has 2 aliphatic carbocycles. The number of nitrogens with one attached hydrogen (secondary N) is 1. The molecule has 9 nitrogen and oxygen atoms in total. The average Bonchev–Trinajstić information content (AvgIpc) is 3.50. The van der Waals surface area contributed by atoms with Gasteiger partial charge in [-0.1, -0.05) is 24.3 Å². The lowest BCUT2D eigenvalue weighted by molar-refractivity contribution is 0.0868. The number of aliphatic hydroxyl groups excluding tert-OH is 1. The quantitative estimate of drug-likeness (QED) is 0.501. The standard InChI is InChI=1S/C29H39N5O4S/c1-39(37,38)34-12-10-24(11-13-34)33-17-22-15-29(22,18-33)21-4-2-19(3-5-21)20-14-26(27(30)31-16-20)28(36)32-23-6-8-25(35)9-7-23/h2-5,14,16,22-25,35H,6-13,15,17-18H2,1H3,(H2,30,31)(H,32,36)/t22-,23-,25-,29+/m1/s1. The maximum Gasteiger partial charge on any atom is 0.255 e. The number of carbonyl (C=O) groups excluding carboxylic acids is 1. The Morgan fingerprint density at radius 1 is 1.08 bits per heavy atom. The number of aromatic nitrogens is 1. The normalized spacial score (nSPS) is 30.2. The third-order valence-electron chi connectivity index (χ3n) is 9.57. The fourth-order valence-corrected chi connectivity index (χ4v) is 7.95. The Bertz CT molecular complexity index is 1330. The summed E-state index contributed by atoms with van der Waals surface area (Å²) in [5.41, 5.74) is 9.87. The molecule has 0 unspecified atom stereocenters. The summed E-state index contributed by atoms with van der Waals surface area (Å²) in [6, 6.07) is 11.0. The maximum atomic E-state index is 13.0. The summed E-state index contributed by atoms with van der Waals surface area (Å²) in [5, 5.41) is 12.8. The van der Waals surface area contributed by atoms with Crippen molar-refractivity contribution in [2.75, 3.05) is 38.2 Å². The van der Waals surface area contributed by atoms with Gasteiger partial charge in [0, 0.05) is 55.4 Å². The molecule has 2 aliphatic heterocycles. The molecule has 2 saturated heterocycles. The Kier molecular flexibility index (Phi) is 6.94. The number of sulfonamides is 1. The number of benzene rings is 1. The lowest BCUT2D eigenvalue weighted by Crippen LogP contribution is -2.46. The Morgan fingerprint density at radius 3 is 2.44 bits per heavy atom. The van der Waals surface area contributed by atoms with Crippen LogP contribution in [-0.2, 0) is 15.4 Å². The maximum absolute atomic E-state index is 13.0. The van der Waals surface area contributed by atoms with Gasteiger partial charge in [-0.3, -0.25) is 9.69 Å². The van der Waals surface area contributed by atoms with Crippen molar-refractivity contribution >= 4 is 21.7 Å². The zero-order chi connectivity index (χ0) is 27.4. The Morgan fingerprint density at radius 2 is 1.77 bits per heavy atom. The zero-order valence-electron chi connectivity index (χ0n) is 22.6. The molecule has 0 spiro atoms. The Hall–Kier alpha value is -2.53. The number of nitrogens with zero attached hydrogens (tertiary/aromatic N) is 3.